The van der Waals surface area contributed by atoms with Gasteiger partial charge in [-0.05, 0) is 39.0 Å². The van der Waals surface area contributed by atoms with Crippen molar-refractivity contribution in [1.29, 1.82) is 0 Å². The predicted molar refractivity (Wildman–Crippen MR) is 102 cm³/mol. The minimum Gasteiger partial charge on any atom is -0.492 e. The van der Waals surface area contributed by atoms with Gasteiger partial charge in [-0.25, -0.2) is 4.99 Å². The molecule has 2 N–H and O–H groups in total. The molecule has 2 aromatic rings. The zero-order chi connectivity index (χ0) is 18.2. The van der Waals surface area contributed by atoms with Crippen LogP contribution in [0.5, 0.6) is 5.75 Å². The topological polar surface area (TPSA) is 63.5 Å². The summed E-state index contributed by atoms with van der Waals surface area (Å²) in [5.74, 6) is 1.53. The third-order valence-electron chi connectivity index (χ3n) is 3.86. The van der Waals surface area contributed by atoms with E-state index in [4.69, 9.17) is 16.3 Å². The molecule has 6 nitrogen and oxygen atoms in total. The Bertz CT molecular complexity index is 726. The molecular weight excluding hydrogens is 338 g/mol. The number of aromatic nitrogens is 2. The maximum Gasteiger partial charge on any atom is 0.191 e. The van der Waals surface area contributed by atoms with Crippen molar-refractivity contribution in [3.8, 4) is 5.75 Å². The molecule has 0 aliphatic carbocycles. The van der Waals surface area contributed by atoms with Crippen LogP contribution < -0.4 is 15.4 Å². The zero-order valence-corrected chi connectivity index (χ0v) is 16.0. The molecule has 136 valence electrons. The molecule has 25 heavy (non-hydrogen) atoms. The average Bonchev–Trinajstić information content (AvgIpc) is 2.82. The van der Waals surface area contributed by atoms with E-state index in [1.54, 1.807) is 6.07 Å². The quantitative estimate of drug-likeness (QED) is 0.451. The Morgan fingerprint density at radius 2 is 2.12 bits per heavy atom. The van der Waals surface area contributed by atoms with Crippen molar-refractivity contribution >= 4 is 17.6 Å². The van der Waals surface area contributed by atoms with Crippen LogP contribution in [0.25, 0.3) is 0 Å². The number of benzene rings is 1. The van der Waals surface area contributed by atoms with Crippen LogP contribution >= 0.6 is 11.6 Å². The molecule has 0 fully saturated rings. The van der Waals surface area contributed by atoms with Gasteiger partial charge in [0.1, 0.15) is 12.4 Å². The molecule has 0 atom stereocenters. The number of ether oxygens (including phenoxy) is 1. The van der Waals surface area contributed by atoms with Crippen LogP contribution in [-0.2, 0) is 13.6 Å². The van der Waals surface area contributed by atoms with Gasteiger partial charge in [0.15, 0.2) is 5.96 Å². The Kier molecular flexibility index (Phi) is 7.13. The zero-order valence-electron chi connectivity index (χ0n) is 15.3. The summed E-state index contributed by atoms with van der Waals surface area (Å²) in [4.78, 5) is 4.64. The highest BCUT2D eigenvalue weighted by molar-refractivity contribution is 6.30. The molecule has 0 spiro atoms. The van der Waals surface area contributed by atoms with Gasteiger partial charge < -0.3 is 15.4 Å². The van der Waals surface area contributed by atoms with Crippen molar-refractivity contribution in [2.75, 3.05) is 19.7 Å². The van der Waals surface area contributed by atoms with Gasteiger partial charge in [0.25, 0.3) is 0 Å². The summed E-state index contributed by atoms with van der Waals surface area (Å²) in [6.07, 6.45) is 0. The van der Waals surface area contributed by atoms with E-state index in [9.17, 15) is 0 Å². The Labute approximate surface area is 154 Å². The second-order valence-electron chi connectivity index (χ2n) is 5.70. The highest BCUT2D eigenvalue weighted by Crippen LogP contribution is 2.16. The molecule has 0 aliphatic heterocycles. The molecule has 1 heterocycles. The van der Waals surface area contributed by atoms with Gasteiger partial charge >= 0.3 is 0 Å². The fourth-order valence-corrected chi connectivity index (χ4v) is 2.62. The molecule has 0 aliphatic rings. The van der Waals surface area contributed by atoms with E-state index in [-0.39, 0.29) is 0 Å². The smallest absolute Gasteiger partial charge is 0.191 e. The number of aryl methyl sites for hydroxylation is 2. The molecule has 0 amide bonds. The molecule has 0 bridgehead atoms. The first kappa shape index (κ1) is 19.1. The van der Waals surface area contributed by atoms with Crippen molar-refractivity contribution < 1.29 is 4.74 Å². The first-order valence-corrected chi connectivity index (χ1v) is 8.78. The van der Waals surface area contributed by atoms with E-state index in [2.05, 4.69) is 27.6 Å². The van der Waals surface area contributed by atoms with Gasteiger partial charge in [0, 0.05) is 29.9 Å². The number of aliphatic imine (C=N–C) groups is 1. The minimum absolute atomic E-state index is 0.524. The average molecular weight is 364 g/mol. The largest absolute Gasteiger partial charge is 0.492 e. The van der Waals surface area contributed by atoms with E-state index in [0.717, 1.165) is 35.2 Å². The number of hydrogen-bond donors (Lipinski definition) is 2. The number of rotatable bonds is 7. The first-order valence-electron chi connectivity index (χ1n) is 8.41. The van der Waals surface area contributed by atoms with Crippen LogP contribution in [0.15, 0.2) is 29.3 Å². The summed E-state index contributed by atoms with van der Waals surface area (Å²) in [5.41, 5.74) is 3.32. The van der Waals surface area contributed by atoms with Crippen molar-refractivity contribution in [1.82, 2.24) is 20.4 Å². The lowest BCUT2D eigenvalue weighted by Crippen LogP contribution is -2.39. The van der Waals surface area contributed by atoms with Crippen LogP contribution in [0.3, 0.4) is 0 Å². The Hall–Kier alpha value is -2.21. The lowest BCUT2D eigenvalue weighted by atomic mass is 10.2. The molecule has 1 aromatic carbocycles. The van der Waals surface area contributed by atoms with Crippen LogP contribution in [0.1, 0.15) is 23.9 Å². The summed E-state index contributed by atoms with van der Waals surface area (Å²) in [6.45, 7) is 8.67. The Morgan fingerprint density at radius 1 is 1.32 bits per heavy atom. The highest BCUT2D eigenvalue weighted by Gasteiger charge is 2.08. The molecule has 7 heteroatoms. The second-order valence-corrected chi connectivity index (χ2v) is 6.14. The Balaban J connectivity index is 1.87. The second kappa shape index (κ2) is 9.32. The van der Waals surface area contributed by atoms with E-state index < -0.39 is 0 Å². The van der Waals surface area contributed by atoms with Crippen molar-refractivity contribution in [3.05, 3.63) is 46.2 Å². The highest BCUT2D eigenvalue weighted by atomic mass is 35.5. The number of nitrogens with zero attached hydrogens (tertiary/aromatic N) is 3. The standard InChI is InChI=1S/C18H26ClN5O/c1-5-20-18(22-12-17-13(2)23-24(4)14(17)3)21-9-10-25-16-8-6-7-15(19)11-16/h6-8,11H,5,9-10,12H2,1-4H3,(H2,20,21,22). The molecular formula is C18H26ClN5O. The lowest BCUT2D eigenvalue weighted by molar-refractivity contribution is 0.322. The van der Waals surface area contributed by atoms with Crippen LogP contribution in [-0.4, -0.2) is 35.4 Å². The number of guanidine groups is 1. The van der Waals surface area contributed by atoms with Gasteiger partial charge in [-0.1, -0.05) is 17.7 Å². The van der Waals surface area contributed by atoms with Gasteiger partial charge in [0.2, 0.25) is 0 Å². The van der Waals surface area contributed by atoms with Gasteiger partial charge in [-0.3, -0.25) is 4.68 Å². The monoisotopic (exact) mass is 363 g/mol. The minimum atomic E-state index is 0.524. The molecule has 1 aromatic heterocycles. The predicted octanol–water partition coefficient (Wildman–Crippen LogP) is 2.82. The summed E-state index contributed by atoms with van der Waals surface area (Å²) in [5, 5.41) is 11.6. The molecule has 0 unspecified atom stereocenters. The fraction of sp³-hybridized carbons (Fsp3) is 0.444. The third kappa shape index (κ3) is 5.67. The van der Waals surface area contributed by atoms with Crippen molar-refractivity contribution in [2.45, 2.75) is 27.3 Å². The molecule has 0 radical (unpaired) electrons. The molecule has 0 saturated carbocycles. The summed E-state index contributed by atoms with van der Waals surface area (Å²) >= 11 is 5.94. The number of nitrogens with one attached hydrogen (secondary N) is 2. The van der Waals surface area contributed by atoms with Crippen molar-refractivity contribution in [2.24, 2.45) is 12.0 Å². The first-order chi connectivity index (χ1) is 12.0. The third-order valence-corrected chi connectivity index (χ3v) is 4.09. The van der Waals surface area contributed by atoms with Gasteiger partial charge in [-0.15, -0.1) is 0 Å². The normalized spacial score (nSPS) is 11.5. The van der Waals surface area contributed by atoms with Gasteiger partial charge in [0.05, 0.1) is 18.8 Å². The van der Waals surface area contributed by atoms with Crippen molar-refractivity contribution in [3.63, 3.8) is 0 Å². The molecule has 2 rings (SSSR count). The SMILES string of the molecule is CCNC(=NCc1c(C)nn(C)c1C)NCCOc1cccc(Cl)c1. The summed E-state index contributed by atoms with van der Waals surface area (Å²) < 4.78 is 7.56. The number of hydrogen-bond acceptors (Lipinski definition) is 3. The van der Waals surface area contributed by atoms with Crippen LogP contribution in [0.4, 0.5) is 0 Å². The van der Waals surface area contributed by atoms with Crippen LogP contribution in [0.2, 0.25) is 5.02 Å². The summed E-state index contributed by atoms with van der Waals surface area (Å²) in [7, 11) is 1.95. The molecule has 0 saturated heterocycles. The Morgan fingerprint density at radius 3 is 2.76 bits per heavy atom. The van der Waals surface area contributed by atoms with E-state index in [1.165, 1.54) is 0 Å². The van der Waals surface area contributed by atoms with Crippen LogP contribution in [0, 0.1) is 13.8 Å². The van der Waals surface area contributed by atoms with Gasteiger partial charge in [-0.2, -0.15) is 5.10 Å². The maximum absolute atomic E-state index is 5.94. The number of halogens is 1. The lowest BCUT2D eigenvalue weighted by Gasteiger charge is -2.12. The summed E-state index contributed by atoms with van der Waals surface area (Å²) in [6, 6.07) is 7.38. The van der Waals surface area contributed by atoms with E-state index >= 15 is 0 Å². The fourth-order valence-electron chi connectivity index (χ4n) is 2.44. The van der Waals surface area contributed by atoms with E-state index in [0.29, 0.717) is 24.7 Å². The van der Waals surface area contributed by atoms with E-state index in [1.807, 2.05) is 43.8 Å². The maximum atomic E-state index is 5.94.